The lowest BCUT2D eigenvalue weighted by Gasteiger charge is -2.31. The van der Waals surface area contributed by atoms with Crippen LogP contribution in [0, 0.1) is 0 Å². The maximum Gasteiger partial charge on any atom is 0.133 e. The van der Waals surface area contributed by atoms with Gasteiger partial charge in [0.1, 0.15) is 5.75 Å². The van der Waals surface area contributed by atoms with Crippen molar-refractivity contribution in [1.82, 2.24) is 5.32 Å². The van der Waals surface area contributed by atoms with Gasteiger partial charge in [-0.1, -0.05) is 19.9 Å². The normalized spacial score (nSPS) is 20.2. The van der Waals surface area contributed by atoms with Crippen molar-refractivity contribution in [3.8, 4) is 5.75 Å². The van der Waals surface area contributed by atoms with Crippen LogP contribution in [-0.4, -0.2) is 25.9 Å². The molecule has 0 spiro atoms. The Morgan fingerprint density at radius 2 is 2.24 bits per heavy atom. The molecule has 21 heavy (non-hydrogen) atoms. The highest BCUT2D eigenvalue weighted by Crippen LogP contribution is 2.32. The number of halogens is 1. The average molecular weight is 356 g/mol. The van der Waals surface area contributed by atoms with Crippen LogP contribution >= 0.6 is 15.9 Å². The highest BCUT2D eigenvalue weighted by atomic mass is 79.9. The highest BCUT2D eigenvalue weighted by Gasteiger charge is 2.25. The summed E-state index contributed by atoms with van der Waals surface area (Å²) in [4.78, 5) is 0. The largest absolute Gasteiger partial charge is 0.492 e. The van der Waals surface area contributed by atoms with Gasteiger partial charge in [-0.3, -0.25) is 0 Å². The summed E-state index contributed by atoms with van der Waals surface area (Å²) in [7, 11) is 0. The van der Waals surface area contributed by atoms with Gasteiger partial charge in [0.05, 0.1) is 23.2 Å². The molecule has 1 N–H and O–H groups in total. The summed E-state index contributed by atoms with van der Waals surface area (Å²) in [6, 6.07) is 6.63. The van der Waals surface area contributed by atoms with E-state index in [-0.39, 0.29) is 12.1 Å². The molecule has 0 amide bonds. The summed E-state index contributed by atoms with van der Waals surface area (Å²) in [5.41, 5.74) is 1.26. The first-order valence-electron chi connectivity index (χ1n) is 8.03. The number of nitrogens with one attached hydrogen (secondary N) is 1. The van der Waals surface area contributed by atoms with Gasteiger partial charge in [0.15, 0.2) is 0 Å². The van der Waals surface area contributed by atoms with Crippen molar-refractivity contribution in [2.45, 2.75) is 51.7 Å². The molecule has 4 heteroatoms. The number of benzene rings is 1. The molecule has 0 aliphatic carbocycles. The summed E-state index contributed by atoms with van der Waals surface area (Å²) in [6.45, 7) is 6.83. The Balaban J connectivity index is 2.13. The van der Waals surface area contributed by atoms with Crippen LogP contribution in [0.3, 0.4) is 0 Å². The van der Waals surface area contributed by atoms with E-state index in [4.69, 9.17) is 9.47 Å². The maximum absolute atomic E-state index is 5.97. The second kappa shape index (κ2) is 8.76. The molecule has 1 aliphatic heterocycles. The van der Waals surface area contributed by atoms with Gasteiger partial charge >= 0.3 is 0 Å². The average Bonchev–Trinajstić information content (AvgIpc) is 2.52. The van der Waals surface area contributed by atoms with E-state index >= 15 is 0 Å². The van der Waals surface area contributed by atoms with E-state index in [1.807, 2.05) is 0 Å². The molecule has 118 valence electrons. The third-order valence-corrected chi connectivity index (χ3v) is 4.41. The standard InChI is InChI=1S/C17H26BrNO2/c1-3-10-20-15-9-8-13(12-14(15)18)17(19-4-2)16-7-5-6-11-21-16/h8-9,12,16-17,19H,3-7,10-11H2,1-2H3. The fourth-order valence-electron chi connectivity index (χ4n) is 2.75. The molecule has 2 atom stereocenters. The van der Waals surface area contributed by atoms with Crippen LogP contribution in [-0.2, 0) is 4.74 Å². The van der Waals surface area contributed by atoms with Crippen LogP contribution in [0.25, 0.3) is 0 Å². The SMILES string of the molecule is CCCOc1ccc(C(NCC)C2CCCCO2)cc1Br. The first-order valence-corrected chi connectivity index (χ1v) is 8.82. The lowest BCUT2D eigenvalue weighted by Crippen LogP contribution is -2.36. The van der Waals surface area contributed by atoms with Crippen LogP contribution in [0.5, 0.6) is 5.75 Å². The molecule has 0 bridgehead atoms. The summed E-state index contributed by atoms with van der Waals surface area (Å²) >= 11 is 3.63. The zero-order chi connectivity index (χ0) is 15.1. The molecular formula is C17H26BrNO2. The predicted molar refractivity (Wildman–Crippen MR) is 89.9 cm³/mol. The monoisotopic (exact) mass is 355 g/mol. The molecule has 3 nitrogen and oxygen atoms in total. The minimum Gasteiger partial charge on any atom is -0.492 e. The molecule has 1 saturated heterocycles. The van der Waals surface area contributed by atoms with Gasteiger partial charge in [-0.2, -0.15) is 0 Å². The van der Waals surface area contributed by atoms with Gasteiger partial charge in [-0.05, 0) is 65.9 Å². The molecule has 1 aromatic rings. The van der Waals surface area contributed by atoms with Crippen LogP contribution in [0.4, 0.5) is 0 Å². The van der Waals surface area contributed by atoms with Crippen molar-refractivity contribution < 1.29 is 9.47 Å². The Morgan fingerprint density at radius 1 is 1.38 bits per heavy atom. The lowest BCUT2D eigenvalue weighted by molar-refractivity contribution is -0.00788. The second-order valence-electron chi connectivity index (χ2n) is 5.48. The number of likely N-dealkylation sites (N-methyl/N-ethyl adjacent to an activating group) is 1. The van der Waals surface area contributed by atoms with Crippen molar-refractivity contribution in [3.05, 3.63) is 28.2 Å². The summed E-state index contributed by atoms with van der Waals surface area (Å²) in [5.74, 6) is 0.917. The summed E-state index contributed by atoms with van der Waals surface area (Å²) in [5, 5.41) is 3.57. The van der Waals surface area contributed by atoms with Crippen molar-refractivity contribution in [2.75, 3.05) is 19.8 Å². The third kappa shape index (κ3) is 4.70. The quantitative estimate of drug-likeness (QED) is 0.783. The molecule has 1 aliphatic rings. The molecule has 1 fully saturated rings. The molecule has 0 radical (unpaired) electrons. The van der Waals surface area contributed by atoms with Crippen molar-refractivity contribution in [1.29, 1.82) is 0 Å². The number of rotatable bonds is 7. The number of hydrogen-bond donors (Lipinski definition) is 1. The zero-order valence-corrected chi connectivity index (χ0v) is 14.6. The van der Waals surface area contributed by atoms with E-state index in [0.717, 1.165) is 42.8 Å². The van der Waals surface area contributed by atoms with Crippen LogP contribution in [0.15, 0.2) is 22.7 Å². The van der Waals surface area contributed by atoms with E-state index < -0.39 is 0 Å². The Hall–Kier alpha value is -0.580. The highest BCUT2D eigenvalue weighted by molar-refractivity contribution is 9.10. The Bertz CT molecular complexity index is 433. The van der Waals surface area contributed by atoms with Crippen LogP contribution in [0.2, 0.25) is 0 Å². The first-order chi connectivity index (χ1) is 10.3. The van der Waals surface area contributed by atoms with Gasteiger partial charge in [0.25, 0.3) is 0 Å². The van der Waals surface area contributed by atoms with Crippen molar-refractivity contribution in [3.63, 3.8) is 0 Å². The zero-order valence-electron chi connectivity index (χ0n) is 13.0. The number of ether oxygens (including phenoxy) is 2. The molecule has 0 aromatic heterocycles. The molecule has 1 heterocycles. The third-order valence-electron chi connectivity index (χ3n) is 3.79. The van der Waals surface area contributed by atoms with E-state index in [0.29, 0.717) is 0 Å². The topological polar surface area (TPSA) is 30.5 Å². The molecule has 0 saturated carbocycles. The van der Waals surface area contributed by atoms with Crippen molar-refractivity contribution in [2.24, 2.45) is 0 Å². The maximum atomic E-state index is 5.97. The van der Waals surface area contributed by atoms with Gasteiger partial charge in [0, 0.05) is 6.61 Å². The molecule has 2 unspecified atom stereocenters. The van der Waals surface area contributed by atoms with Crippen LogP contribution in [0.1, 0.15) is 51.1 Å². The van der Waals surface area contributed by atoms with E-state index in [1.54, 1.807) is 0 Å². The van der Waals surface area contributed by atoms with Gasteiger partial charge in [0.2, 0.25) is 0 Å². The van der Waals surface area contributed by atoms with Gasteiger partial charge < -0.3 is 14.8 Å². The lowest BCUT2D eigenvalue weighted by atomic mass is 9.95. The second-order valence-corrected chi connectivity index (χ2v) is 6.33. The number of hydrogen-bond acceptors (Lipinski definition) is 3. The smallest absolute Gasteiger partial charge is 0.133 e. The minimum absolute atomic E-state index is 0.256. The summed E-state index contributed by atoms with van der Waals surface area (Å²) in [6.07, 6.45) is 4.86. The Kier molecular flexibility index (Phi) is 7.00. The predicted octanol–water partition coefficient (Wildman–Crippen LogP) is 4.46. The van der Waals surface area contributed by atoms with Crippen LogP contribution < -0.4 is 10.1 Å². The van der Waals surface area contributed by atoms with Gasteiger partial charge in [-0.15, -0.1) is 0 Å². The van der Waals surface area contributed by atoms with E-state index in [9.17, 15) is 0 Å². The fraction of sp³-hybridized carbons (Fsp3) is 0.647. The first kappa shape index (κ1) is 16.8. The Morgan fingerprint density at radius 3 is 2.86 bits per heavy atom. The van der Waals surface area contributed by atoms with Gasteiger partial charge in [-0.25, -0.2) is 0 Å². The minimum atomic E-state index is 0.256. The Labute approximate surface area is 136 Å². The fourth-order valence-corrected chi connectivity index (χ4v) is 3.26. The molecular weight excluding hydrogens is 330 g/mol. The van der Waals surface area contributed by atoms with E-state index in [2.05, 4.69) is 53.3 Å². The van der Waals surface area contributed by atoms with Crippen molar-refractivity contribution >= 4 is 15.9 Å². The molecule has 2 rings (SSSR count). The molecule has 1 aromatic carbocycles. The van der Waals surface area contributed by atoms with E-state index in [1.165, 1.54) is 18.4 Å². The summed E-state index contributed by atoms with van der Waals surface area (Å²) < 4.78 is 12.7.